The van der Waals surface area contributed by atoms with E-state index in [0.717, 1.165) is 58.0 Å². The molecule has 2 aliphatic heterocycles. The number of nitrogen functional groups attached to an aromatic ring is 1. The number of fused-ring (bicyclic) bond motifs is 6. The van der Waals surface area contributed by atoms with Gasteiger partial charge >= 0.3 is 0 Å². The predicted molar refractivity (Wildman–Crippen MR) is 171 cm³/mol. The number of hydrogen-bond donors (Lipinski definition) is 3. The van der Waals surface area contributed by atoms with E-state index >= 15 is 0 Å². The SMILES string of the molecule is CCNc1cc2c(cc1C)C1(c3cc(C)c(NCC)cc3O2)c2ccccc2C(=O)N1/N=C/C=Nc1ccc(N)cc1. The minimum Gasteiger partial charge on any atom is -0.456 e. The normalized spacial score (nSPS) is 14.7. The van der Waals surface area contributed by atoms with Crippen LogP contribution >= 0.6 is 0 Å². The molecule has 0 unspecified atom stereocenters. The van der Waals surface area contributed by atoms with Crippen LogP contribution in [0.5, 0.6) is 11.5 Å². The van der Waals surface area contributed by atoms with E-state index in [2.05, 4.69) is 55.5 Å². The highest BCUT2D eigenvalue weighted by molar-refractivity contribution is 6.17. The van der Waals surface area contributed by atoms with E-state index in [-0.39, 0.29) is 5.91 Å². The lowest BCUT2D eigenvalue weighted by Crippen LogP contribution is -2.44. The average Bonchev–Trinajstić information content (AvgIpc) is 3.23. The van der Waals surface area contributed by atoms with Crippen LogP contribution in [0.25, 0.3) is 0 Å². The number of anilines is 3. The summed E-state index contributed by atoms with van der Waals surface area (Å²) in [6.45, 7) is 9.81. The zero-order valence-corrected chi connectivity index (χ0v) is 24.2. The summed E-state index contributed by atoms with van der Waals surface area (Å²) in [6, 6.07) is 23.3. The van der Waals surface area contributed by atoms with Gasteiger partial charge in [0.05, 0.1) is 11.9 Å². The lowest BCUT2D eigenvalue weighted by atomic mass is 9.74. The molecule has 8 nitrogen and oxygen atoms in total. The van der Waals surface area contributed by atoms with Gasteiger partial charge in [-0.05, 0) is 81.3 Å². The summed E-state index contributed by atoms with van der Waals surface area (Å²) in [5.41, 5.74) is 13.4. The van der Waals surface area contributed by atoms with Crippen molar-refractivity contribution >= 4 is 41.1 Å². The fourth-order valence-electron chi connectivity index (χ4n) is 5.94. The fourth-order valence-corrected chi connectivity index (χ4v) is 5.94. The first-order valence-corrected chi connectivity index (χ1v) is 14.2. The molecule has 212 valence electrons. The van der Waals surface area contributed by atoms with Gasteiger partial charge in [-0.2, -0.15) is 5.10 Å². The molecule has 0 fully saturated rings. The average molecular weight is 559 g/mol. The quantitative estimate of drug-likeness (QED) is 0.168. The van der Waals surface area contributed by atoms with Crippen LogP contribution in [-0.4, -0.2) is 36.4 Å². The number of nitrogens with two attached hydrogens (primary N) is 1. The second-order valence-electron chi connectivity index (χ2n) is 10.5. The molecule has 0 aromatic heterocycles. The van der Waals surface area contributed by atoms with Crippen molar-refractivity contribution in [3.63, 3.8) is 0 Å². The number of aryl methyl sites for hydroxylation is 2. The van der Waals surface area contributed by atoms with Gasteiger partial charge in [0.1, 0.15) is 17.0 Å². The Hall–Kier alpha value is -5.11. The Labute approximate surface area is 245 Å². The van der Waals surface area contributed by atoms with Crippen molar-refractivity contribution in [2.24, 2.45) is 10.1 Å². The van der Waals surface area contributed by atoms with Crippen molar-refractivity contribution < 1.29 is 9.53 Å². The zero-order valence-electron chi connectivity index (χ0n) is 24.2. The Morgan fingerprint density at radius 3 is 2.02 bits per heavy atom. The van der Waals surface area contributed by atoms with Crippen LogP contribution in [0, 0.1) is 13.8 Å². The van der Waals surface area contributed by atoms with Crippen LogP contribution < -0.4 is 21.1 Å². The molecule has 42 heavy (non-hydrogen) atoms. The second-order valence-corrected chi connectivity index (χ2v) is 10.5. The molecular formula is C34H34N6O2. The number of benzene rings is 4. The number of amides is 1. The van der Waals surface area contributed by atoms with Crippen LogP contribution in [0.15, 0.2) is 82.9 Å². The minimum absolute atomic E-state index is 0.191. The Morgan fingerprint density at radius 2 is 1.43 bits per heavy atom. The van der Waals surface area contributed by atoms with Crippen LogP contribution in [-0.2, 0) is 5.54 Å². The first-order valence-electron chi connectivity index (χ1n) is 14.2. The summed E-state index contributed by atoms with van der Waals surface area (Å²) in [4.78, 5) is 18.7. The molecule has 0 aliphatic carbocycles. The molecule has 0 saturated carbocycles. The maximum atomic E-state index is 14.2. The van der Waals surface area contributed by atoms with Gasteiger partial charge in [0, 0.05) is 70.8 Å². The number of nitrogens with one attached hydrogen (secondary N) is 2. The fraction of sp³-hybridized carbons (Fsp3) is 0.206. The standard InChI is InChI=1S/C34H34N6O2/c1-5-36-29-19-31-27(17-21(29)3)34(28-18-22(4)30(37-6-2)20-32(28)42-31)26-10-8-7-9-25(26)33(41)40(34)39-16-15-38-24-13-11-23(35)12-14-24/h7-20,36-37H,5-6,35H2,1-4H3/b38-15?,39-16+. The van der Waals surface area contributed by atoms with Gasteiger partial charge < -0.3 is 21.1 Å². The van der Waals surface area contributed by atoms with E-state index in [1.54, 1.807) is 29.6 Å². The van der Waals surface area contributed by atoms with Crippen LogP contribution in [0.3, 0.4) is 0 Å². The molecule has 2 aliphatic rings. The molecule has 4 aromatic rings. The first-order chi connectivity index (χ1) is 20.4. The summed E-state index contributed by atoms with van der Waals surface area (Å²) in [6.07, 6.45) is 3.16. The molecule has 2 heterocycles. The van der Waals surface area contributed by atoms with E-state index in [9.17, 15) is 4.79 Å². The molecule has 1 amide bonds. The third-order valence-corrected chi connectivity index (χ3v) is 7.81. The molecule has 4 N–H and O–H groups in total. The molecule has 0 bridgehead atoms. The van der Waals surface area contributed by atoms with Crippen molar-refractivity contribution in [3.8, 4) is 11.5 Å². The maximum Gasteiger partial charge on any atom is 0.275 e. The Bertz CT molecular complexity index is 1680. The van der Waals surface area contributed by atoms with Crippen LogP contribution in [0.4, 0.5) is 22.7 Å². The summed E-state index contributed by atoms with van der Waals surface area (Å²) in [7, 11) is 0. The van der Waals surface area contributed by atoms with E-state index in [1.807, 2.05) is 48.5 Å². The van der Waals surface area contributed by atoms with E-state index in [1.165, 1.54) is 0 Å². The largest absolute Gasteiger partial charge is 0.456 e. The third kappa shape index (κ3) is 4.27. The van der Waals surface area contributed by atoms with Crippen molar-refractivity contribution in [1.82, 2.24) is 5.01 Å². The summed E-state index contributed by atoms with van der Waals surface area (Å²) in [5, 5.41) is 13.3. The van der Waals surface area contributed by atoms with Crippen molar-refractivity contribution in [1.29, 1.82) is 0 Å². The molecular weight excluding hydrogens is 524 g/mol. The molecule has 8 heteroatoms. The van der Waals surface area contributed by atoms with Gasteiger partial charge in [0.25, 0.3) is 5.91 Å². The summed E-state index contributed by atoms with van der Waals surface area (Å²) >= 11 is 0. The predicted octanol–water partition coefficient (Wildman–Crippen LogP) is 6.99. The van der Waals surface area contributed by atoms with Gasteiger partial charge in [0.2, 0.25) is 0 Å². The number of carbonyl (C=O) groups excluding carboxylic acids is 1. The van der Waals surface area contributed by atoms with Gasteiger partial charge in [-0.25, -0.2) is 5.01 Å². The molecule has 4 aromatic carbocycles. The van der Waals surface area contributed by atoms with Gasteiger partial charge in [0.15, 0.2) is 0 Å². The number of rotatable bonds is 7. The second kappa shape index (κ2) is 10.7. The molecule has 1 spiro atoms. The van der Waals surface area contributed by atoms with E-state index < -0.39 is 5.54 Å². The van der Waals surface area contributed by atoms with Crippen LogP contribution in [0.2, 0.25) is 0 Å². The zero-order chi connectivity index (χ0) is 29.4. The van der Waals surface area contributed by atoms with Crippen molar-refractivity contribution in [2.75, 3.05) is 29.5 Å². The highest BCUT2D eigenvalue weighted by Gasteiger charge is 2.57. The monoisotopic (exact) mass is 558 g/mol. The number of aliphatic imine (C=N–C) groups is 1. The number of nitrogens with zero attached hydrogens (tertiary/aromatic N) is 3. The summed E-state index contributed by atoms with van der Waals surface area (Å²) < 4.78 is 6.63. The molecule has 6 rings (SSSR count). The Balaban J connectivity index is 1.59. The first kappa shape index (κ1) is 27.1. The van der Waals surface area contributed by atoms with Gasteiger partial charge in [-0.3, -0.25) is 9.79 Å². The summed E-state index contributed by atoms with van der Waals surface area (Å²) in [5.74, 6) is 1.16. The van der Waals surface area contributed by atoms with Gasteiger partial charge in [-0.15, -0.1) is 0 Å². The Morgan fingerprint density at radius 1 is 0.833 bits per heavy atom. The van der Waals surface area contributed by atoms with E-state index in [4.69, 9.17) is 15.6 Å². The van der Waals surface area contributed by atoms with Crippen molar-refractivity contribution in [3.05, 3.63) is 106 Å². The molecule has 0 atom stereocenters. The lowest BCUT2D eigenvalue weighted by molar-refractivity contribution is 0.0675. The smallest absolute Gasteiger partial charge is 0.275 e. The van der Waals surface area contributed by atoms with E-state index in [0.29, 0.717) is 22.7 Å². The Kier molecular flexibility index (Phi) is 6.90. The number of carbonyl (C=O) groups is 1. The molecule has 0 radical (unpaired) electrons. The lowest BCUT2D eigenvalue weighted by Gasteiger charge is -2.42. The highest BCUT2D eigenvalue weighted by atomic mass is 16.5. The number of hydrazone groups is 1. The van der Waals surface area contributed by atoms with Gasteiger partial charge in [-0.1, -0.05) is 18.2 Å². The minimum atomic E-state index is -1.05. The van der Waals surface area contributed by atoms with Crippen molar-refractivity contribution in [2.45, 2.75) is 33.2 Å². The number of ether oxygens (including phenoxy) is 1. The maximum absolute atomic E-state index is 14.2. The third-order valence-electron chi connectivity index (χ3n) is 7.81. The number of hydrogen-bond acceptors (Lipinski definition) is 7. The highest BCUT2D eigenvalue weighted by Crippen LogP contribution is 2.58. The molecule has 0 saturated heterocycles. The topological polar surface area (TPSA) is 104 Å². The van der Waals surface area contributed by atoms with Crippen LogP contribution in [0.1, 0.15) is 52.0 Å².